The molecule has 0 saturated carbocycles. The summed E-state index contributed by atoms with van der Waals surface area (Å²) in [5.41, 5.74) is 2.08. The summed E-state index contributed by atoms with van der Waals surface area (Å²) < 4.78 is 29.6. The third-order valence-electron chi connectivity index (χ3n) is 3.79. The van der Waals surface area contributed by atoms with Crippen molar-refractivity contribution in [2.75, 3.05) is 4.72 Å². The first-order chi connectivity index (χ1) is 12.8. The van der Waals surface area contributed by atoms with Gasteiger partial charge in [0.05, 0.1) is 20.8 Å². The first kappa shape index (κ1) is 18.6. The van der Waals surface area contributed by atoms with Gasteiger partial charge in [0.1, 0.15) is 4.90 Å². The highest BCUT2D eigenvalue weighted by atomic mass is 35.5. The minimum Gasteiger partial charge on any atom is -0.297 e. The fourth-order valence-corrected chi connectivity index (χ4v) is 5.26. The van der Waals surface area contributed by atoms with Crippen LogP contribution in [0, 0.1) is 0 Å². The van der Waals surface area contributed by atoms with E-state index in [0.29, 0.717) is 5.69 Å². The Kier molecular flexibility index (Phi) is 4.82. The number of nitrogens with zero attached hydrogens (tertiary/aromatic N) is 2. The lowest BCUT2D eigenvalue weighted by atomic mass is 10.1. The molecule has 0 fully saturated rings. The van der Waals surface area contributed by atoms with Crippen molar-refractivity contribution in [1.29, 1.82) is 0 Å². The van der Waals surface area contributed by atoms with Crippen molar-refractivity contribution in [1.82, 2.24) is 9.38 Å². The van der Waals surface area contributed by atoms with Gasteiger partial charge in [0.2, 0.25) is 0 Å². The second-order valence-electron chi connectivity index (χ2n) is 5.60. The molecule has 1 N–H and O–H groups in total. The molecule has 4 aromatic rings. The Morgan fingerprint density at radius 3 is 2.41 bits per heavy atom. The molecule has 0 radical (unpaired) electrons. The Labute approximate surface area is 174 Å². The van der Waals surface area contributed by atoms with Crippen LogP contribution in [0.2, 0.25) is 15.1 Å². The summed E-state index contributed by atoms with van der Waals surface area (Å²) in [6.07, 6.45) is 3.85. The van der Waals surface area contributed by atoms with Crippen LogP contribution in [-0.2, 0) is 10.0 Å². The third kappa shape index (κ3) is 3.66. The van der Waals surface area contributed by atoms with Crippen LogP contribution in [0.1, 0.15) is 0 Å². The van der Waals surface area contributed by atoms with Crippen LogP contribution < -0.4 is 4.72 Å². The van der Waals surface area contributed by atoms with E-state index in [9.17, 15) is 8.42 Å². The first-order valence-corrected chi connectivity index (χ1v) is 11.0. The molecule has 27 heavy (non-hydrogen) atoms. The maximum atomic E-state index is 12.6. The number of halogens is 3. The summed E-state index contributed by atoms with van der Waals surface area (Å²) in [6.45, 7) is 0. The fraction of sp³-hybridized carbons (Fsp3) is 0. The molecule has 138 valence electrons. The van der Waals surface area contributed by atoms with E-state index in [1.54, 1.807) is 35.6 Å². The number of rotatable bonds is 4. The number of thiazole rings is 1. The second-order valence-corrected chi connectivity index (χ2v) is 9.34. The third-order valence-corrected chi connectivity index (χ3v) is 7.13. The predicted octanol–water partition coefficient (Wildman–Crippen LogP) is 5.82. The number of aromatic nitrogens is 2. The average Bonchev–Trinajstić information content (AvgIpc) is 3.20. The molecule has 0 unspecified atom stereocenters. The van der Waals surface area contributed by atoms with Crippen molar-refractivity contribution in [3.8, 4) is 11.3 Å². The highest BCUT2D eigenvalue weighted by Gasteiger charge is 2.20. The van der Waals surface area contributed by atoms with Gasteiger partial charge in [-0.25, -0.2) is 13.4 Å². The summed E-state index contributed by atoms with van der Waals surface area (Å²) in [5.74, 6) is 0. The van der Waals surface area contributed by atoms with Crippen LogP contribution in [-0.4, -0.2) is 17.8 Å². The molecule has 10 heteroatoms. The summed E-state index contributed by atoms with van der Waals surface area (Å²) >= 11 is 19.3. The second kappa shape index (κ2) is 7.00. The molecule has 4 rings (SSSR count). The standard InChI is InChI=1S/C17H10Cl3N3O2S2/c18-12-7-14(20)16(8-13(12)19)27(24,25)22-11-3-1-10(2-4-11)15-9-23-5-6-26-17(23)21-15/h1-9,22H. The monoisotopic (exact) mass is 457 g/mol. The summed E-state index contributed by atoms with van der Waals surface area (Å²) in [7, 11) is -3.92. The van der Waals surface area contributed by atoms with E-state index in [1.807, 2.05) is 22.2 Å². The number of anilines is 1. The summed E-state index contributed by atoms with van der Waals surface area (Å²) in [6, 6.07) is 9.42. The van der Waals surface area contributed by atoms with Gasteiger partial charge in [-0.2, -0.15) is 0 Å². The SMILES string of the molecule is O=S(=O)(Nc1ccc(-c2cn3ccsc3n2)cc1)c1cc(Cl)c(Cl)cc1Cl. The molecule has 0 spiro atoms. The number of imidazole rings is 1. The number of hydrogen-bond donors (Lipinski definition) is 1. The molecule has 0 atom stereocenters. The van der Waals surface area contributed by atoms with E-state index >= 15 is 0 Å². The predicted molar refractivity (Wildman–Crippen MR) is 111 cm³/mol. The van der Waals surface area contributed by atoms with Crippen molar-refractivity contribution in [2.24, 2.45) is 0 Å². The molecule has 2 aromatic carbocycles. The molecule has 2 aromatic heterocycles. The van der Waals surface area contributed by atoms with Crippen LogP contribution in [0.25, 0.3) is 16.2 Å². The van der Waals surface area contributed by atoms with Gasteiger partial charge in [-0.15, -0.1) is 11.3 Å². The van der Waals surface area contributed by atoms with E-state index < -0.39 is 10.0 Å². The highest BCUT2D eigenvalue weighted by molar-refractivity contribution is 7.92. The van der Waals surface area contributed by atoms with Crippen molar-refractivity contribution in [3.05, 3.63) is 69.2 Å². The van der Waals surface area contributed by atoms with Crippen molar-refractivity contribution < 1.29 is 8.42 Å². The van der Waals surface area contributed by atoms with Gasteiger partial charge < -0.3 is 0 Å². The Hall–Kier alpha value is -1.77. The van der Waals surface area contributed by atoms with Gasteiger partial charge in [-0.1, -0.05) is 46.9 Å². The molecule has 2 heterocycles. The molecule has 0 amide bonds. The van der Waals surface area contributed by atoms with E-state index in [-0.39, 0.29) is 20.0 Å². The van der Waals surface area contributed by atoms with Crippen LogP contribution >= 0.6 is 46.1 Å². The van der Waals surface area contributed by atoms with Crippen LogP contribution in [0.3, 0.4) is 0 Å². The minimum atomic E-state index is -3.92. The van der Waals surface area contributed by atoms with Gasteiger partial charge in [-0.3, -0.25) is 9.12 Å². The van der Waals surface area contributed by atoms with E-state index in [4.69, 9.17) is 34.8 Å². The zero-order valence-corrected chi connectivity index (χ0v) is 17.3. The number of fused-ring (bicyclic) bond motifs is 1. The van der Waals surface area contributed by atoms with Gasteiger partial charge in [0, 0.05) is 29.0 Å². The topological polar surface area (TPSA) is 63.5 Å². The van der Waals surface area contributed by atoms with E-state index in [1.165, 1.54) is 12.1 Å². The van der Waals surface area contributed by atoms with Crippen molar-refractivity contribution in [3.63, 3.8) is 0 Å². The molecular formula is C17H10Cl3N3O2S2. The highest BCUT2D eigenvalue weighted by Crippen LogP contribution is 2.32. The van der Waals surface area contributed by atoms with Crippen LogP contribution in [0.4, 0.5) is 5.69 Å². The Bertz CT molecular complexity index is 1220. The van der Waals surface area contributed by atoms with Crippen molar-refractivity contribution in [2.45, 2.75) is 4.90 Å². The number of hydrogen-bond acceptors (Lipinski definition) is 4. The largest absolute Gasteiger partial charge is 0.297 e. The Morgan fingerprint density at radius 1 is 1.00 bits per heavy atom. The zero-order valence-electron chi connectivity index (χ0n) is 13.4. The fourth-order valence-electron chi connectivity index (χ4n) is 2.50. The first-order valence-electron chi connectivity index (χ1n) is 7.53. The zero-order chi connectivity index (χ0) is 19.2. The lowest BCUT2D eigenvalue weighted by molar-refractivity contribution is 0.601. The molecule has 0 aliphatic rings. The summed E-state index contributed by atoms with van der Waals surface area (Å²) in [5, 5.41) is 2.24. The molecular weight excluding hydrogens is 449 g/mol. The smallest absolute Gasteiger partial charge is 0.263 e. The van der Waals surface area contributed by atoms with Gasteiger partial charge in [0.25, 0.3) is 10.0 Å². The quantitative estimate of drug-likeness (QED) is 0.392. The van der Waals surface area contributed by atoms with Crippen molar-refractivity contribution >= 4 is 66.8 Å². The number of benzene rings is 2. The molecule has 0 aliphatic carbocycles. The van der Waals surface area contributed by atoms with Crippen LogP contribution in [0.15, 0.2) is 59.1 Å². The van der Waals surface area contributed by atoms with E-state index in [0.717, 1.165) is 16.2 Å². The molecule has 0 aliphatic heterocycles. The lowest BCUT2D eigenvalue weighted by Crippen LogP contribution is -2.13. The maximum absolute atomic E-state index is 12.6. The maximum Gasteiger partial charge on any atom is 0.263 e. The van der Waals surface area contributed by atoms with Crippen LogP contribution in [0.5, 0.6) is 0 Å². The van der Waals surface area contributed by atoms with Gasteiger partial charge in [-0.05, 0) is 24.3 Å². The Morgan fingerprint density at radius 2 is 1.70 bits per heavy atom. The van der Waals surface area contributed by atoms with Gasteiger partial charge in [0.15, 0.2) is 4.96 Å². The number of sulfonamides is 1. The lowest BCUT2D eigenvalue weighted by Gasteiger charge is -2.11. The average molecular weight is 459 g/mol. The Balaban J connectivity index is 1.61. The normalized spacial score (nSPS) is 11.8. The molecule has 5 nitrogen and oxygen atoms in total. The number of nitrogens with one attached hydrogen (secondary N) is 1. The molecule has 0 saturated heterocycles. The molecule has 0 bridgehead atoms. The van der Waals surface area contributed by atoms with Gasteiger partial charge >= 0.3 is 0 Å². The summed E-state index contributed by atoms with van der Waals surface area (Å²) in [4.78, 5) is 5.27. The van der Waals surface area contributed by atoms with E-state index in [2.05, 4.69) is 9.71 Å². The minimum absolute atomic E-state index is 0.00778.